The van der Waals surface area contributed by atoms with Crippen molar-refractivity contribution in [2.45, 2.75) is 39.0 Å². The summed E-state index contributed by atoms with van der Waals surface area (Å²) in [6.45, 7) is 8.20. The van der Waals surface area contributed by atoms with Gasteiger partial charge in [0.05, 0.1) is 11.5 Å². The van der Waals surface area contributed by atoms with Gasteiger partial charge in [-0.15, -0.1) is 0 Å². The highest BCUT2D eigenvalue weighted by atomic mass is 79.9. The van der Waals surface area contributed by atoms with Crippen LogP contribution in [0.3, 0.4) is 0 Å². The predicted octanol–water partition coefficient (Wildman–Crippen LogP) is 4.37. The van der Waals surface area contributed by atoms with Gasteiger partial charge in [-0.25, -0.2) is 0 Å². The summed E-state index contributed by atoms with van der Waals surface area (Å²) in [5.74, 6) is 0.482. The first-order valence-corrected chi connectivity index (χ1v) is 5.88. The molecule has 0 aliphatic carbocycles. The second-order valence-electron chi connectivity index (χ2n) is 4.66. The minimum Gasteiger partial charge on any atom is -0.197 e. The van der Waals surface area contributed by atoms with E-state index in [1.165, 1.54) is 5.56 Å². The second-order valence-corrected chi connectivity index (χ2v) is 5.58. The molecule has 1 rings (SSSR count). The predicted molar refractivity (Wildman–Crippen MR) is 66.9 cm³/mol. The van der Waals surface area contributed by atoms with Gasteiger partial charge < -0.3 is 0 Å². The molecule has 1 aromatic rings. The van der Waals surface area contributed by atoms with Crippen LogP contribution in [0.4, 0.5) is 0 Å². The highest BCUT2D eigenvalue weighted by molar-refractivity contribution is 9.10. The molecular weight excluding hydrogens is 250 g/mol. The van der Waals surface area contributed by atoms with Gasteiger partial charge in [-0.2, -0.15) is 5.26 Å². The van der Waals surface area contributed by atoms with Crippen LogP contribution in [0.25, 0.3) is 0 Å². The van der Waals surface area contributed by atoms with Crippen molar-refractivity contribution < 1.29 is 0 Å². The Bertz CT molecular complexity index is 399. The first kappa shape index (κ1) is 12.3. The smallest absolute Gasteiger partial charge is 0.0766 e. The van der Waals surface area contributed by atoms with Crippen LogP contribution in [0.5, 0.6) is 0 Å². The van der Waals surface area contributed by atoms with E-state index >= 15 is 0 Å². The first-order chi connectivity index (χ1) is 6.86. The highest BCUT2D eigenvalue weighted by Gasteiger charge is 2.20. The third kappa shape index (κ3) is 2.82. The molecule has 0 aromatic heterocycles. The highest BCUT2D eigenvalue weighted by Crippen LogP contribution is 2.29. The Morgan fingerprint density at radius 2 is 1.87 bits per heavy atom. The SMILES string of the molecule is CC(C)c1cc(Br)cc(C(C)(C)C#N)c1. The molecule has 2 heteroatoms. The average Bonchev–Trinajstić information content (AvgIpc) is 2.16. The fraction of sp³-hybridized carbons (Fsp3) is 0.462. The summed E-state index contributed by atoms with van der Waals surface area (Å²) in [5.41, 5.74) is 1.92. The zero-order chi connectivity index (χ0) is 11.6. The van der Waals surface area contributed by atoms with Crippen molar-refractivity contribution in [1.82, 2.24) is 0 Å². The third-order valence-corrected chi connectivity index (χ3v) is 3.05. The Kier molecular flexibility index (Phi) is 3.57. The molecule has 0 bridgehead atoms. The van der Waals surface area contributed by atoms with E-state index in [4.69, 9.17) is 5.26 Å². The maximum atomic E-state index is 9.10. The van der Waals surface area contributed by atoms with Crippen LogP contribution in [-0.2, 0) is 5.41 Å². The standard InChI is InChI=1S/C13H16BrN/c1-9(2)10-5-11(7-12(14)6-10)13(3,4)8-15/h5-7,9H,1-4H3. The lowest BCUT2D eigenvalue weighted by atomic mass is 9.84. The van der Waals surface area contributed by atoms with E-state index in [0.29, 0.717) is 5.92 Å². The molecule has 0 aliphatic rings. The molecule has 1 aromatic carbocycles. The Morgan fingerprint density at radius 1 is 1.27 bits per heavy atom. The maximum Gasteiger partial charge on any atom is 0.0766 e. The van der Waals surface area contributed by atoms with E-state index in [-0.39, 0.29) is 0 Å². The molecule has 0 saturated heterocycles. The third-order valence-electron chi connectivity index (χ3n) is 2.59. The number of benzene rings is 1. The summed E-state index contributed by atoms with van der Waals surface area (Å²) in [4.78, 5) is 0. The molecule has 0 radical (unpaired) electrons. The van der Waals surface area contributed by atoms with Crippen molar-refractivity contribution in [3.8, 4) is 6.07 Å². The molecule has 0 atom stereocenters. The van der Waals surface area contributed by atoms with Crippen molar-refractivity contribution in [2.75, 3.05) is 0 Å². The molecule has 15 heavy (non-hydrogen) atoms. The molecule has 0 unspecified atom stereocenters. The van der Waals surface area contributed by atoms with E-state index in [2.05, 4.69) is 48.0 Å². The van der Waals surface area contributed by atoms with Crippen LogP contribution in [0.1, 0.15) is 44.7 Å². The van der Waals surface area contributed by atoms with Crippen molar-refractivity contribution in [1.29, 1.82) is 5.26 Å². The van der Waals surface area contributed by atoms with E-state index in [1.54, 1.807) is 0 Å². The number of halogens is 1. The molecule has 0 amide bonds. The van der Waals surface area contributed by atoms with Crippen molar-refractivity contribution in [3.63, 3.8) is 0 Å². The zero-order valence-corrected chi connectivity index (χ0v) is 11.2. The van der Waals surface area contributed by atoms with Crippen LogP contribution < -0.4 is 0 Å². The van der Waals surface area contributed by atoms with Gasteiger partial charge in [-0.1, -0.05) is 35.8 Å². The van der Waals surface area contributed by atoms with Gasteiger partial charge in [0.15, 0.2) is 0 Å². The Hall–Kier alpha value is -0.810. The zero-order valence-electron chi connectivity index (χ0n) is 9.63. The van der Waals surface area contributed by atoms with Crippen LogP contribution in [-0.4, -0.2) is 0 Å². The van der Waals surface area contributed by atoms with Gasteiger partial charge in [0, 0.05) is 4.47 Å². The van der Waals surface area contributed by atoms with Crippen LogP contribution in [0.2, 0.25) is 0 Å². The van der Waals surface area contributed by atoms with Crippen LogP contribution >= 0.6 is 15.9 Å². The van der Waals surface area contributed by atoms with E-state index in [1.807, 2.05) is 19.9 Å². The molecule has 0 aliphatic heterocycles. The summed E-state index contributed by atoms with van der Waals surface area (Å²) >= 11 is 3.49. The van der Waals surface area contributed by atoms with Gasteiger partial charge >= 0.3 is 0 Å². The molecule has 0 spiro atoms. The minimum absolute atomic E-state index is 0.423. The fourth-order valence-electron chi connectivity index (χ4n) is 1.37. The Balaban J connectivity index is 3.28. The molecule has 0 heterocycles. The van der Waals surface area contributed by atoms with Gasteiger partial charge in [0.1, 0.15) is 0 Å². The average molecular weight is 266 g/mol. The second kappa shape index (κ2) is 4.37. The summed E-state index contributed by atoms with van der Waals surface area (Å²) in [6.07, 6.45) is 0. The van der Waals surface area contributed by atoms with Crippen LogP contribution in [0.15, 0.2) is 22.7 Å². The maximum absolute atomic E-state index is 9.10. The minimum atomic E-state index is -0.423. The summed E-state index contributed by atoms with van der Waals surface area (Å²) in [5, 5.41) is 9.10. The summed E-state index contributed by atoms with van der Waals surface area (Å²) < 4.78 is 1.05. The largest absolute Gasteiger partial charge is 0.197 e. The lowest BCUT2D eigenvalue weighted by molar-refractivity contribution is 0.682. The van der Waals surface area contributed by atoms with Gasteiger partial charge in [0.25, 0.3) is 0 Å². The molecule has 0 saturated carbocycles. The fourth-order valence-corrected chi connectivity index (χ4v) is 1.88. The molecule has 1 nitrogen and oxygen atoms in total. The number of rotatable bonds is 2. The van der Waals surface area contributed by atoms with Gasteiger partial charge in [0.2, 0.25) is 0 Å². The number of hydrogen-bond donors (Lipinski definition) is 0. The van der Waals surface area contributed by atoms with Crippen molar-refractivity contribution in [3.05, 3.63) is 33.8 Å². The molecule has 0 fully saturated rings. The normalized spacial score (nSPS) is 11.5. The topological polar surface area (TPSA) is 23.8 Å². The van der Waals surface area contributed by atoms with Gasteiger partial charge in [-0.3, -0.25) is 0 Å². The lowest BCUT2D eigenvalue weighted by Crippen LogP contribution is -2.14. The summed E-state index contributed by atoms with van der Waals surface area (Å²) in [6, 6.07) is 8.59. The Morgan fingerprint density at radius 3 is 2.33 bits per heavy atom. The number of nitriles is 1. The summed E-state index contributed by atoms with van der Waals surface area (Å²) in [7, 11) is 0. The number of hydrogen-bond acceptors (Lipinski definition) is 1. The van der Waals surface area contributed by atoms with Gasteiger partial charge in [-0.05, 0) is 43.0 Å². The van der Waals surface area contributed by atoms with Crippen molar-refractivity contribution >= 4 is 15.9 Å². The molecule has 0 N–H and O–H groups in total. The Labute approximate surface area is 100 Å². The lowest BCUT2D eigenvalue weighted by Gasteiger charge is -2.18. The molecular formula is C13H16BrN. The van der Waals surface area contributed by atoms with Crippen LogP contribution in [0, 0.1) is 11.3 Å². The van der Waals surface area contributed by atoms with Crippen molar-refractivity contribution in [2.24, 2.45) is 0 Å². The number of nitrogens with zero attached hydrogens (tertiary/aromatic N) is 1. The monoisotopic (exact) mass is 265 g/mol. The quantitative estimate of drug-likeness (QED) is 0.779. The van der Waals surface area contributed by atoms with E-state index < -0.39 is 5.41 Å². The van der Waals surface area contributed by atoms with E-state index in [0.717, 1.165) is 10.0 Å². The molecule has 80 valence electrons. The first-order valence-electron chi connectivity index (χ1n) is 5.09. The van der Waals surface area contributed by atoms with E-state index in [9.17, 15) is 0 Å².